The van der Waals surface area contributed by atoms with Crippen LogP contribution >= 0.6 is 0 Å². The Morgan fingerprint density at radius 2 is 2.15 bits per heavy atom. The summed E-state index contributed by atoms with van der Waals surface area (Å²) in [6, 6.07) is 4.20. The second-order valence-corrected chi connectivity index (χ2v) is 5.24. The summed E-state index contributed by atoms with van der Waals surface area (Å²) >= 11 is 0. The lowest BCUT2D eigenvalue weighted by molar-refractivity contribution is 0.722. The quantitative estimate of drug-likeness (QED) is 0.930. The Kier molecular flexibility index (Phi) is 3.38. The molecule has 0 fully saturated rings. The van der Waals surface area contributed by atoms with E-state index in [2.05, 4.69) is 35.2 Å². The minimum Gasteiger partial charge on any atom is -0.373 e. The van der Waals surface area contributed by atoms with Crippen LogP contribution in [0.15, 0.2) is 18.3 Å². The molecule has 1 aliphatic carbocycles. The molecule has 0 bridgehead atoms. The highest BCUT2D eigenvalue weighted by molar-refractivity contribution is 5.49. The molecule has 0 saturated carbocycles. The fraction of sp³-hybridized carbons (Fsp3) is 0.438. The van der Waals surface area contributed by atoms with Gasteiger partial charge >= 0.3 is 0 Å². The zero-order chi connectivity index (χ0) is 14.1. The zero-order valence-electron chi connectivity index (χ0n) is 12.3. The number of fused-ring (bicyclic) bond motifs is 1. The Labute approximate surface area is 119 Å². The van der Waals surface area contributed by atoms with Crippen molar-refractivity contribution in [2.24, 2.45) is 0 Å². The number of aromatic nitrogens is 3. The highest BCUT2D eigenvalue weighted by Crippen LogP contribution is 2.38. The number of anilines is 1. The summed E-state index contributed by atoms with van der Waals surface area (Å²) in [6.45, 7) is 4.19. The van der Waals surface area contributed by atoms with Crippen molar-refractivity contribution in [3.8, 4) is 0 Å². The molecule has 2 aromatic rings. The number of nitrogens with zero attached hydrogens (tertiary/aromatic N) is 3. The van der Waals surface area contributed by atoms with Crippen molar-refractivity contribution in [1.29, 1.82) is 0 Å². The lowest BCUT2D eigenvalue weighted by Gasteiger charge is -2.16. The van der Waals surface area contributed by atoms with Gasteiger partial charge in [0.15, 0.2) is 0 Å². The molecule has 0 aliphatic heterocycles. The van der Waals surface area contributed by atoms with Crippen LogP contribution in [0.1, 0.15) is 47.6 Å². The summed E-state index contributed by atoms with van der Waals surface area (Å²) in [5, 5.41) is 3.19. The second-order valence-electron chi connectivity index (χ2n) is 5.24. The molecule has 1 aliphatic rings. The standard InChI is InChI=1S/C16H20N4/c1-4-13-19-14(10(2)16(17-3)20-13)12-8-7-11-6-5-9-18-15(11)12/h5-6,9,12H,4,7-8H2,1-3H3,(H,17,19,20). The van der Waals surface area contributed by atoms with Crippen LogP contribution in [0.2, 0.25) is 0 Å². The Morgan fingerprint density at radius 3 is 2.90 bits per heavy atom. The van der Waals surface area contributed by atoms with Crippen LogP contribution < -0.4 is 5.32 Å². The number of hydrogen-bond donors (Lipinski definition) is 1. The molecule has 0 saturated heterocycles. The molecule has 20 heavy (non-hydrogen) atoms. The summed E-state index contributed by atoms with van der Waals surface area (Å²) in [4.78, 5) is 13.9. The van der Waals surface area contributed by atoms with Crippen LogP contribution in [0.4, 0.5) is 5.82 Å². The van der Waals surface area contributed by atoms with Crippen molar-refractivity contribution >= 4 is 5.82 Å². The molecule has 3 rings (SSSR count). The average molecular weight is 268 g/mol. The molecule has 0 aromatic carbocycles. The molecule has 2 aromatic heterocycles. The number of rotatable bonds is 3. The van der Waals surface area contributed by atoms with E-state index in [1.807, 2.05) is 19.3 Å². The molecule has 104 valence electrons. The van der Waals surface area contributed by atoms with E-state index in [0.29, 0.717) is 5.92 Å². The van der Waals surface area contributed by atoms with Crippen LogP contribution in [-0.4, -0.2) is 22.0 Å². The monoisotopic (exact) mass is 268 g/mol. The third kappa shape index (κ3) is 2.05. The van der Waals surface area contributed by atoms with E-state index in [-0.39, 0.29) is 0 Å². The van der Waals surface area contributed by atoms with Crippen LogP contribution in [0.5, 0.6) is 0 Å². The van der Waals surface area contributed by atoms with Gasteiger partial charge in [0.1, 0.15) is 11.6 Å². The van der Waals surface area contributed by atoms with E-state index in [1.165, 1.54) is 11.3 Å². The third-order valence-corrected chi connectivity index (χ3v) is 4.07. The first kappa shape index (κ1) is 13.0. The van der Waals surface area contributed by atoms with E-state index in [1.54, 1.807) is 0 Å². The lowest BCUT2D eigenvalue weighted by Crippen LogP contribution is -2.11. The van der Waals surface area contributed by atoms with E-state index < -0.39 is 0 Å². The van der Waals surface area contributed by atoms with Gasteiger partial charge in [0.25, 0.3) is 0 Å². The zero-order valence-corrected chi connectivity index (χ0v) is 12.3. The van der Waals surface area contributed by atoms with Gasteiger partial charge in [-0.1, -0.05) is 13.0 Å². The molecular formula is C16H20N4. The van der Waals surface area contributed by atoms with Gasteiger partial charge in [-0.3, -0.25) is 4.98 Å². The highest BCUT2D eigenvalue weighted by atomic mass is 15.0. The van der Waals surface area contributed by atoms with Gasteiger partial charge in [-0.2, -0.15) is 0 Å². The topological polar surface area (TPSA) is 50.7 Å². The molecule has 2 heterocycles. The maximum atomic E-state index is 4.79. The van der Waals surface area contributed by atoms with Gasteiger partial charge in [0.05, 0.1) is 11.4 Å². The predicted molar refractivity (Wildman–Crippen MR) is 80.1 cm³/mol. The molecule has 4 nitrogen and oxygen atoms in total. The van der Waals surface area contributed by atoms with Crippen LogP contribution in [-0.2, 0) is 12.8 Å². The lowest BCUT2D eigenvalue weighted by atomic mass is 9.98. The minimum absolute atomic E-state index is 0.312. The van der Waals surface area contributed by atoms with Gasteiger partial charge in [0, 0.05) is 31.1 Å². The van der Waals surface area contributed by atoms with Gasteiger partial charge in [-0.05, 0) is 31.4 Å². The van der Waals surface area contributed by atoms with Crippen LogP contribution in [0.25, 0.3) is 0 Å². The van der Waals surface area contributed by atoms with Crippen molar-refractivity contribution in [2.75, 3.05) is 12.4 Å². The predicted octanol–water partition coefficient (Wildman–Crippen LogP) is 2.86. The Morgan fingerprint density at radius 1 is 1.30 bits per heavy atom. The molecule has 4 heteroatoms. The third-order valence-electron chi connectivity index (χ3n) is 4.07. The SMILES string of the molecule is CCc1nc(NC)c(C)c(C2CCc3cccnc32)n1. The van der Waals surface area contributed by atoms with E-state index in [4.69, 9.17) is 4.98 Å². The van der Waals surface area contributed by atoms with E-state index >= 15 is 0 Å². The second kappa shape index (κ2) is 5.19. The molecular weight excluding hydrogens is 248 g/mol. The maximum absolute atomic E-state index is 4.79. The van der Waals surface area contributed by atoms with Gasteiger partial charge < -0.3 is 5.32 Å². The van der Waals surface area contributed by atoms with Gasteiger partial charge in [0.2, 0.25) is 0 Å². The fourth-order valence-corrected chi connectivity index (χ4v) is 3.00. The fourth-order valence-electron chi connectivity index (χ4n) is 3.00. The number of aryl methyl sites for hydroxylation is 2. The summed E-state index contributed by atoms with van der Waals surface area (Å²) in [5.41, 5.74) is 4.84. The maximum Gasteiger partial charge on any atom is 0.132 e. The summed E-state index contributed by atoms with van der Waals surface area (Å²) in [7, 11) is 1.92. The minimum atomic E-state index is 0.312. The van der Waals surface area contributed by atoms with E-state index in [9.17, 15) is 0 Å². The Balaban J connectivity index is 2.11. The molecule has 1 unspecified atom stereocenters. The molecule has 1 N–H and O–H groups in total. The first-order chi connectivity index (χ1) is 9.74. The van der Waals surface area contributed by atoms with Crippen molar-refractivity contribution in [3.63, 3.8) is 0 Å². The number of hydrogen-bond acceptors (Lipinski definition) is 4. The molecule has 1 atom stereocenters. The summed E-state index contributed by atoms with van der Waals surface area (Å²) < 4.78 is 0. The van der Waals surface area contributed by atoms with E-state index in [0.717, 1.165) is 42.2 Å². The van der Waals surface area contributed by atoms with Gasteiger partial charge in [-0.25, -0.2) is 9.97 Å². The van der Waals surface area contributed by atoms with Gasteiger partial charge in [-0.15, -0.1) is 0 Å². The Hall–Kier alpha value is -1.97. The number of nitrogens with one attached hydrogen (secondary N) is 1. The van der Waals surface area contributed by atoms with Crippen molar-refractivity contribution in [3.05, 3.63) is 46.7 Å². The summed E-state index contributed by atoms with van der Waals surface area (Å²) in [5.74, 6) is 2.15. The first-order valence-electron chi connectivity index (χ1n) is 7.23. The smallest absolute Gasteiger partial charge is 0.132 e. The normalized spacial score (nSPS) is 17.1. The molecule has 0 amide bonds. The van der Waals surface area contributed by atoms with Crippen LogP contribution in [0, 0.1) is 6.92 Å². The van der Waals surface area contributed by atoms with Crippen molar-refractivity contribution < 1.29 is 0 Å². The largest absolute Gasteiger partial charge is 0.373 e. The summed E-state index contributed by atoms with van der Waals surface area (Å²) in [6.07, 6.45) is 4.92. The Bertz CT molecular complexity index is 636. The number of pyridine rings is 1. The first-order valence-corrected chi connectivity index (χ1v) is 7.23. The highest BCUT2D eigenvalue weighted by Gasteiger charge is 2.28. The van der Waals surface area contributed by atoms with Crippen molar-refractivity contribution in [1.82, 2.24) is 15.0 Å². The molecule has 0 radical (unpaired) electrons. The van der Waals surface area contributed by atoms with Crippen LogP contribution in [0.3, 0.4) is 0 Å². The molecule has 0 spiro atoms. The average Bonchev–Trinajstić information content (AvgIpc) is 2.91. The van der Waals surface area contributed by atoms with Crippen molar-refractivity contribution in [2.45, 2.75) is 39.0 Å².